The molecule has 0 heterocycles. The fraction of sp³-hybridized carbons (Fsp3) is 0.300. The van der Waals surface area contributed by atoms with Crippen molar-refractivity contribution in [1.29, 1.82) is 0 Å². The van der Waals surface area contributed by atoms with Crippen LogP contribution in [0.1, 0.15) is 6.92 Å². The van der Waals surface area contributed by atoms with Crippen molar-refractivity contribution in [1.82, 2.24) is 0 Å². The molecule has 0 saturated heterocycles. The molecule has 1 aromatic rings. The highest BCUT2D eigenvalue weighted by atomic mass is 32.2. The van der Waals surface area contributed by atoms with E-state index >= 15 is 0 Å². The number of hydrogen-bond acceptors (Lipinski definition) is 4. The minimum Gasteiger partial charge on any atom is -0.479 e. The third-order valence-electron chi connectivity index (χ3n) is 1.80. The summed E-state index contributed by atoms with van der Waals surface area (Å²) in [4.78, 5) is 10.6. The minimum atomic E-state index is -3.36. The molecule has 0 bridgehead atoms. The summed E-state index contributed by atoms with van der Waals surface area (Å²) in [5.41, 5.74) is 0.322. The van der Waals surface area contributed by atoms with Crippen LogP contribution in [0.2, 0.25) is 0 Å². The number of ether oxygens (including phenoxy) is 1. The Labute approximate surface area is 99.3 Å². The van der Waals surface area contributed by atoms with E-state index in [0.29, 0.717) is 5.69 Å². The zero-order valence-electron chi connectivity index (χ0n) is 9.38. The van der Waals surface area contributed by atoms with Crippen LogP contribution >= 0.6 is 0 Å². The van der Waals surface area contributed by atoms with Crippen molar-refractivity contribution in [3.05, 3.63) is 24.3 Å². The van der Waals surface area contributed by atoms with Crippen molar-refractivity contribution in [3.8, 4) is 5.75 Å². The number of rotatable bonds is 5. The average molecular weight is 259 g/mol. The highest BCUT2D eigenvalue weighted by molar-refractivity contribution is 7.92. The number of sulfonamides is 1. The number of benzene rings is 1. The molecule has 1 rings (SSSR count). The summed E-state index contributed by atoms with van der Waals surface area (Å²) < 4.78 is 29.4. The van der Waals surface area contributed by atoms with Gasteiger partial charge < -0.3 is 9.84 Å². The van der Waals surface area contributed by atoms with Gasteiger partial charge in [-0.15, -0.1) is 0 Å². The van der Waals surface area contributed by atoms with E-state index in [-0.39, 0.29) is 5.75 Å². The Morgan fingerprint density at radius 3 is 2.65 bits per heavy atom. The molecule has 1 aromatic carbocycles. The van der Waals surface area contributed by atoms with Crippen LogP contribution in [0.5, 0.6) is 5.75 Å². The predicted molar refractivity (Wildman–Crippen MR) is 62.6 cm³/mol. The summed E-state index contributed by atoms with van der Waals surface area (Å²) in [7, 11) is -3.36. The molecule has 0 spiro atoms. The topological polar surface area (TPSA) is 92.7 Å². The molecule has 1 atom stereocenters. The Kier molecular flexibility index (Phi) is 3.95. The van der Waals surface area contributed by atoms with Gasteiger partial charge in [0.2, 0.25) is 10.0 Å². The summed E-state index contributed by atoms with van der Waals surface area (Å²) in [6.45, 7) is 1.39. The smallest absolute Gasteiger partial charge is 0.344 e. The van der Waals surface area contributed by atoms with E-state index in [2.05, 4.69) is 4.72 Å². The van der Waals surface area contributed by atoms with Crippen molar-refractivity contribution in [2.45, 2.75) is 13.0 Å². The molecular formula is C10H13NO5S. The maximum absolute atomic E-state index is 11.0. The van der Waals surface area contributed by atoms with Crippen LogP contribution < -0.4 is 9.46 Å². The van der Waals surface area contributed by atoms with Gasteiger partial charge in [0.15, 0.2) is 6.10 Å². The lowest BCUT2D eigenvalue weighted by molar-refractivity contribution is -0.144. The Balaban J connectivity index is 2.83. The zero-order valence-corrected chi connectivity index (χ0v) is 10.2. The molecule has 0 aliphatic carbocycles. The Hall–Kier alpha value is -1.76. The first kappa shape index (κ1) is 13.3. The summed E-state index contributed by atoms with van der Waals surface area (Å²) in [5.74, 6) is -0.806. The highest BCUT2D eigenvalue weighted by Crippen LogP contribution is 2.19. The van der Waals surface area contributed by atoms with Gasteiger partial charge in [-0.3, -0.25) is 4.72 Å². The molecular weight excluding hydrogens is 246 g/mol. The number of carbonyl (C=O) groups is 1. The van der Waals surface area contributed by atoms with Crippen molar-refractivity contribution in [2.24, 2.45) is 0 Å². The van der Waals surface area contributed by atoms with Crippen molar-refractivity contribution in [2.75, 3.05) is 11.0 Å². The van der Waals surface area contributed by atoms with Crippen LogP contribution in [-0.4, -0.2) is 31.9 Å². The third-order valence-corrected chi connectivity index (χ3v) is 2.40. The van der Waals surface area contributed by atoms with E-state index in [1.54, 1.807) is 18.2 Å². The van der Waals surface area contributed by atoms with Gasteiger partial charge in [-0.1, -0.05) is 6.07 Å². The Bertz CT molecular complexity index is 511. The third kappa shape index (κ3) is 4.73. The first-order valence-electron chi connectivity index (χ1n) is 4.75. The van der Waals surface area contributed by atoms with Crippen LogP contribution in [0.15, 0.2) is 24.3 Å². The van der Waals surface area contributed by atoms with E-state index in [1.165, 1.54) is 13.0 Å². The summed E-state index contributed by atoms with van der Waals surface area (Å²) >= 11 is 0. The number of anilines is 1. The summed E-state index contributed by atoms with van der Waals surface area (Å²) in [6, 6.07) is 6.07. The molecule has 0 radical (unpaired) electrons. The number of nitrogens with one attached hydrogen (secondary N) is 1. The van der Waals surface area contributed by atoms with Crippen LogP contribution in [0.3, 0.4) is 0 Å². The van der Waals surface area contributed by atoms with E-state index < -0.39 is 22.1 Å². The van der Waals surface area contributed by atoms with Gasteiger partial charge in [-0.2, -0.15) is 0 Å². The normalized spacial score (nSPS) is 12.8. The molecule has 0 amide bonds. The monoisotopic (exact) mass is 259 g/mol. The van der Waals surface area contributed by atoms with Crippen molar-refractivity contribution >= 4 is 21.7 Å². The molecule has 94 valence electrons. The lowest BCUT2D eigenvalue weighted by Crippen LogP contribution is -2.22. The minimum absolute atomic E-state index is 0.286. The molecule has 1 unspecified atom stereocenters. The molecule has 2 N–H and O–H groups in total. The first-order valence-corrected chi connectivity index (χ1v) is 6.64. The maximum Gasteiger partial charge on any atom is 0.344 e. The quantitative estimate of drug-likeness (QED) is 0.819. The van der Waals surface area contributed by atoms with Crippen LogP contribution in [0.25, 0.3) is 0 Å². The van der Waals surface area contributed by atoms with Crippen LogP contribution in [0.4, 0.5) is 5.69 Å². The predicted octanol–water partition coefficient (Wildman–Crippen LogP) is 0.910. The fourth-order valence-electron chi connectivity index (χ4n) is 1.10. The molecule has 0 saturated carbocycles. The van der Waals surface area contributed by atoms with Crippen molar-refractivity contribution < 1.29 is 23.1 Å². The lowest BCUT2D eigenvalue weighted by Gasteiger charge is -2.11. The molecule has 0 aliphatic heterocycles. The van der Waals surface area contributed by atoms with Gasteiger partial charge in [-0.25, -0.2) is 13.2 Å². The molecule has 6 nitrogen and oxygen atoms in total. The van der Waals surface area contributed by atoms with E-state index in [0.717, 1.165) is 6.26 Å². The molecule has 7 heteroatoms. The Morgan fingerprint density at radius 1 is 1.47 bits per heavy atom. The number of carboxylic acids is 1. The second-order valence-corrected chi connectivity index (χ2v) is 5.25. The Morgan fingerprint density at radius 2 is 2.12 bits per heavy atom. The van der Waals surface area contributed by atoms with E-state index in [4.69, 9.17) is 9.84 Å². The van der Waals surface area contributed by atoms with E-state index in [1.807, 2.05) is 0 Å². The maximum atomic E-state index is 11.0. The average Bonchev–Trinajstić information content (AvgIpc) is 2.15. The first-order chi connectivity index (χ1) is 7.78. The van der Waals surface area contributed by atoms with Gasteiger partial charge in [0, 0.05) is 6.07 Å². The van der Waals surface area contributed by atoms with Gasteiger partial charge >= 0.3 is 5.97 Å². The second-order valence-electron chi connectivity index (χ2n) is 3.50. The second kappa shape index (κ2) is 5.05. The summed E-state index contributed by atoms with van der Waals surface area (Å²) in [6.07, 6.45) is 0.0314. The molecule has 17 heavy (non-hydrogen) atoms. The van der Waals surface area contributed by atoms with Gasteiger partial charge in [0.25, 0.3) is 0 Å². The largest absolute Gasteiger partial charge is 0.479 e. The molecule has 0 aromatic heterocycles. The summed E-state index contributed by atoms with van der Waals surface area (Å²) in [5, 5.41) is 8.66. The van der Waals surface area contributed by atoms with Crippen LogP contribution in [0, 0.1) is 0 Å². The standard InChI is InChI=1S/C10H13NO5S/c1-7(10(12)13)16-9-5-3-4-8(6-9)11-17(2,14)15/h3-7,11H,1-2H3,(H,12,13). The van der Waals surface area contributed by atoms with Crippen molar-refractivity contribution in [3.63, 3.8) is 0 Å². The molecule has 0 fully saturated rings. The number of hydrogen-bond donors (Lipinski definition) is 2. The highest BCUT2D eigenvalue weighted by Gasteiger charge is 2.12. The number of carboxylic acid groups (broad SMARTS) is 1. The SMILES string of the molecule is CC(Oc1cccc(NS(C)(=O)=O)c1)C(=O)O. The lowest BCUT2D eigenvalue weighted by atomic mass is 10.3. The van der Waals surface area contributed by atoms with Gasteiger partial charge in [0.05, 0.1) is 11.9 Å². The van der Waals surface area contributed by atoms with E-state index in [9.17, 15) is 13.2 Å². The van der Waals surface area contributed by atoms with Crippen LogP contribution in [-0.2, 0) is 14.8 Å². The number of aliphatic carboxylic acids is 1. The van der Waals surface area contributed by atoms with Gasteiger partial charge in [-0.05, 0) is 19.1 Å². The fourth-order valence-corrected chi connectivity index (χ4v) is 1.66. The molecule has 0 aliphatic rings. The zero-order chi connectivity index (χ0) is 13.1. The van der Waals surface area contributed by atoms with Gasteiger partial charge in [0.1, 0.15) is 5.75 Å².